The van der Waals surface area contributed by atoms with E-state index in [2.05, 4.69) is 42.5 Å². The molecule has 0 atom stereocenters. The number of benzene rings is 2. The highest BCUT2D eigenvalue weighted by atomic mass is 16.5. The second-order valence-electron chi connectivity index (χ2n) is 6.97. The monoisotopic (exact) mass is 354 g/mol. The van der Waals surface area contributed by atoms with Crippen molar-refractivity contribution in [3.05, 3.63) is 54.6 Å². The van der Waals surface area contributed by atoms with Crippen LogP contribution in [0.15, 0.2) is 54.6 Å². The van der Waals surface area contributed by atoms with Gasteiger partial charge in [-0.05, 0) is 24.5 Å². The molecule has 0 unspecified atom stereocenters. The van der Waals surface area contributed by atoms with E-state index in [9.17, 15) is 0 Å². The minimum Gasteiger partial charge on any atom is -0.493 e. The first kappa shape index (κ1) is 20.5. The minimum absolute atomic E-state index is 0.345. The molecule has 1 N–H and O–H groups in total. The highest BCUT2D eigenvalue weighted by Crippen LogP contribution is 2.29. The maximum absolute atomic E-state index is 8.75. The van der Waals surface area contributed by atoms with Crippen molar-refractivity contribution >= 4 is 0 Å². The van der Waals surface area contributed by atoms with Crippen molar-refractivity contribution in [2.75, 3.05) is 13.2 Å². The Labute approximate surface area is 159 Å². The molecule has 0 saturated heterocycles. The van der Waals surface area contributed by atoms with Gasteiger partial charge < -0.3 is 9.84 Å². The van der Waals surface area contributed by atoms with E-state index in [1.54, 1.807) is 0 Å². The largest absolute Gasteiger partial charge is 0.493 e. The van der Waals surface area contributed by atoms with Gasteiger partial charge in [-0.3, -0.25) is 0 Å². The van der Waals surface area contributed by atoms with E-state index in [1.807, 2.05) is 12.1 Å². The van der Waals surface area contributed by atoms with Gasteiger partial charge in [-0.1, -0.05) is 99.9 Å². The number of ether oxygens (including phenoxy) is 1. The van der Waals surface area contributed by atoms with E-state index in [1.165, 1.54) is 62.5 Å². The lowest BCUT2D eigenvalue weighted by Gasteiger charge is -2.11. The molecule has 0 aliphatic rings. The van der Waals surface area contributed by atoms with Gasteiger partial charge in [-0.15, -0.1) is 0 Å². The third kappa shape index (κ3) is 8.05. The molecule has 2 nitrogen and oxygen atoms in total. The van der Waals surface area contributed by atoms with Crippen LogP contribution >= 0.6 is 0 Å². The van der Waals surface area contributed by atoms with Crippen molar-refractivity contribution in [1.82, 2.24) is 0 Å². The van der Waals surface area contributed by atoms with E-state index < -0.39 is 0 Å². The molecule has 0 saturated carbocycles. The van der Waals surface area contributed by atoms with Crippen LogP contribution < -0.4 is 4.74 Å². The summed E-state index contributed by atoms with van der Waals surface area (Å²) in [6.45, 7) is 1.14. The first-order valence-electron chi connectivity index (χ1n) is 10.3. The van der Waals surface area contributed by atoms with E-state index >= 15 is 0 Å². The number of unbranched alkanes of at least 4 members (excludes halogenated alkanes) is 9. The summed E-state index contributed by atoms with van der Waals surface area (Å²) in [6.07, 6.45) is 12.4. The lowest BCUT2D eigenvalue weighted by atomic mass is 10.0. The van der Waals surface area contributed by atoms with Crippen molar-refractivity contribution in [3.8, 4) is 16.9 Å². The van der Waals surface area contributed by atoms with Crippen molar-refractivity contribution in [3.63, 3.8) is 0 Å². The van der Waals surface area contributed by atoms with Crippen LogP contribution in [0.3, 0.4) is 0 Å². The van der Waals surface area contributed by atoms with Gasteiger partial charge in [-0.2, -0.15) is 0 Å². The molecule has 142 valence electrons. The van der Waals surface area contributed by atoms with Crippen molar-refractivity contribution in [2.24, 2.45) is 0 Å². The van der Waals surface area contributed by atoms with Gasteiger partial charge in [0.15, 0.2) is 0 Å². The van der Waals surface area contributed by atoms with Crippen LogP contribution in [-0.2, 0) is 0 Å². The number of hydrogen-bond acceptors (Lipinski definition) is 2. The van der Waals surface area contributed by atoms with Crippen LogP contribution in [0, 0.1) is 0 Å². The molecule has 2 aromatic rings. The van der Waals surface area contributed by atoms with E-state index in [-0.39, 0.29) is 0 Å². The lowest BCUT2D eigenvalue weighted by molar-refractivity contribution is 0.282. The highest BCUT2D eigenvalue weighted by Gasteiger charge is 2.04. The summed E-state index contributed by atoms with van der Waals surface area (Å²) < 4.78 is 6.05. The molecular formula is C24H34O2. The molecule has 0 aromatic heterocycles. The molecule has 0 aliphatic carbocycles. The van der Waals surface area contributed by atoms with Crippen molar-refractivity contribution < 1.29 is 9.84 Å². The second kappa shape index (κ2) is 13.4. The van der Waals surface area contributed by atoms with Gasteiger partial charge in [0.05, 0.1) is 6.61 Å². The summed E-state index contributed by atoms with van der Waals surface area (Å²) in [5.74, 6) is 0.988. The quantitative estimate of drug-likeness (QED) is 0.386. The molecule has 2 rings (SSSR count). The topological polar surface area (TPSA) is 29.5 Å². The van der Waals surface area contributed by atoms with Crippen molar-refractivity contribution in [1.29, 1.82) is 0 Å². The number of hydrogen-bond donors (Lipinski definition) is 1. The van der Waals surface area contributed by atoms with Gasteiger partial charge in [0, 0.05) is 12.2 Å². The molecule has 0 heterocycles. The Morgan fingerprint density at radius 1 is 0.577 bits per heavy atom. The lowest BCUT2D eigenvalue weighted by Crippen LogP contribution is -1.98. The van der Waals surface area contributed by atoms with Crippen molar-refractivity contribution in [2.45, 2.75) is 64.2 Å². The SMILES string of the molecule is OCCCCCCCCCCCCOc1ccccc1-c1ccccc1. The summed E-state index contributed by atoms with van der Waals surface area (Å²) in [5, 5.41) is 8.75. The number of aliphatic hydroxyl groups excluding tert-OH is 1. The fourth-order valence-electron chi connectivity index (χ4n) is 3.26. The smallest absolute Gasteiger partial charge is 0.127 e. The molecule has 2 aromatic carbocycles. The Morgan fingerprint density at radius 3 is 1.77 bits per heavy atom. The Bertz CT molecular complexity index is 580. The number of para-hydroxylation sites is 1. The molecule has 26 heavy (non-hydrogen) atoms. The second-order valence-corrected chi connectivity index (χ2v) is 6.97. The third-order valence-corrected chi connectivity index (χ3v) is 4.78. The maximum Gasteiger partial charge on any atom is 0.127 e. The summed E-state index contributed by atoms with van der Waals surface area (Å²) in [4.78, 5) is 0. The highest BCUT2D eigenvalue weighted by molar-refractivity contribution is 5.70. The molecule has 0 aliphatic heterocycles. The normalized spacial score (nSPS) is 10.8. The first-order chi connectivity index (χ1) is 12.9. The molecule has 0 fully saturated rings. The molecule has 0 bridgehead atoms. The molecule has 2 heteroatoms. The van der Waals surface area contributed by atoms with Gasteiger partial charge in [-0.25, -0.2) is 0 Å². The van der Waals surface area contributed by atoms with E-state index in [0.717, 1.165) is 25.2 Å². The van der Waals surface area contributed by atoms with E-state index in [4.69, 9.17) is 9.84 Å². The summed E-state index contributed by atoms with van der Waals surface area (Å²) in [5.41, 5.74) is 2.39. The van der Waals surface area contributed by atoms with Crippen LogP contribution in [0.1, 0.15) is 64.2 Å². The Hall–Kier alpha value is -1.80. The van der Waals surface area contributed by atoms with Gasteiger partial charge in [0.25, 0.3) is 0 Å². The standard InChI is InChI=1S/C24H34O2/c25-20-14-7-5-3-1-2-4-6-8-15-21-26-24-19-13-12-18-23(24)22-16-10-9-11-17-22/h9-13,16-19,25H,1-8,14-15,20-21H2. The predicted molar refractivity (Wildman–Crippen MR) is 111 cm³/mol. The molecule has 0 radical (unpaired) electrons. The fraction of sp³-hybridized carbons (Fsp3) is 0.500. The Kier molecular flexibility index (Phi) is 10.6. The molecule has 0 spiro atoms. The Morgan fingerprint density at radius 2 is 1.12 bits per heavy atom. The number of rotatable bonds is 14. The summed E-state index contributed by atoms with van der Waals surface area (Å²) in [7, 11) is 0. The summed E-state index contributed by atoms with van der Waals surface area (Å²) >= 11 is 0. The van der Waals surface area contributed by atoms with Gasteiger partial charge >= 0.3 is 0 Å². The zero-order valence-corrected chi connectivity index (χ0v) is 16.0. The summed E-state index contributed by atoms with van der Waals surface area (Å²) in [6, 6.07) is 18.8. The van der Waals surface area contributed by atoms with Gasteiger partial charge in [0.1, 0.15) is 5.75 Å². The zero-order valence-electron chi connectivity index (χ0n) is 16.0. The van der Waals surface area contributed by atoms with Gasteiger partial charge in [0.2, 0.25) is 0 Å². The first-order valence-corrected chi connectivity index (χ1v) is 10.3. The van der Waals surface area contributed by atoms with Crippen LogP contribution in [0.25, 0.3) is 11.1 Å². The average Bonchev–Trinajstić information content (AvgIpc) is 2.70. The van der Waals surface area contributed by atoms with E-state index in [0.29, 0.717) is 6.61 Å². The fourth-order valence-corrected chi connectivity index (χ4v) is 3.26. The zero-order chi connectivity index (χ0) is 18.3. The molecular weight excluding hydrogens is 320 g/mol. The maximum atomic E-state index is 8.75. The minimum atomic E-state index is 0.345. The Balaban J connectivity index is 1.56. The van der Waals surface area contributed by atoms with Crippen LogP contribution in [0.5, 0.6) is 5.75 Å². The van der Waals surface area contributed by atoms with Crippen LogP contribution in [0.2, 0.25) is 0 Å². The third-order valence-electron chi connectivity index (χ3n) is 4.78. The molecule has 0 amide bonds. The average molecular weight is 355 g/mol. The van der Waals surface area contributed by atoms with Crippen LogP contribution in [0.4, 0.5) is 0 Å². The van der Waals surface area contributed by atoms with Crippen LogP contribution in [-0.4, -0.2) is 18.3 Å². The number of aliphatic hydroxyl groups is 1. The predicted octanol–water partition coefficient (Wildman–Crippen LogP) is 6.63.